The zero-order valence-electron chi connectivity index (χ0n) is 10.6. The molecule has 4 N–H and O–H groups in total. The van der Waals surface area contributed by atoms with Gasteiger partial charge in [-0.15, -0.1) is 0 Å². The second kappa shape index (κ2) is 4.60. The summed E-state index contributed by atoms with van der Waals surface area (Å²) in [4.78, 5) is 0. The highest BCUT2D eigenvalue weighted by molar-refractivity contribution is 5.51. The highest BCUT2D eigenvalue weighted by Gasteiger charge is 2.16. The van der Waals surface area contributed by atoms with Crippen LogP contribution >= 0.6 is 0 Å². The average Bonchev–Trinajstić information content (AvgIpc) is 2.35. The summed E-state index contributed by atoms with van der Waals surface area (Å²) < 4.78 is 0. The van der Waals surface area contributed by atoms with E-state index in [0.717, 1.165) is 16.8 Å². The van der Waals surface area contributed by atoms with Crippen molar-refractivity contribution in [2.75, 3.05) is 0 Å². The minimum Gasteiger partial charge on any atom is -0.404 e. The van der Waals surface area contributed by atoms with Gasteiger partial charge in [0, 0.05) is 22.9 Å². The zero-order valence-corrected chi connectivity index (χ0v) is 10.6. The lowest BCUT2D eigenvalue weighted by atomic mass is 9.93. The van der Waals surface area contributed by atoms with Crippen LogP contribution in [0.25, 0.3) is 0 Å². The Kier molecular flexibility index (Phi) is 3.63. The predicted molar refractivity (Wildman–Crippen MR) is 70.4 cm³/mol. The van der Waals surface area contributed by atoms with Gasteiger partial charge in [0.15, 0.2) is 0 Å². The van der Waals surface area contributed by atoms with Crippen LogP contribution in [0.5, 0.6) is 0 Å². The van der Waals surface area contributed by atoms with E-state index < -0.39 is 0 Å². The smallest absolute Gasteiger partial charge is 0.0186 e. The van der Waals surface area contributed by atoms with Crippen molar-refractivity contribution in [3.8, 4) is 0 Å². The quantitative estimate of drug-likeness (QED) is 0.711. The van der Waals surface area contributed by atoms with Crippen LogP contribution in [0, 0.1) is 11.3 Å². The van der Waals surface area contributed by atoms with E-state index in [9.17, 15) is 0 Å². The van der Waals surface area contributed by atoms with Crippen LogP contribution in [0.1, 0.15) is 27.7 Å². The average molecular weight is 218 g/mol. The van der Waals surface area contributed by atoms with E-state index >= 15 is 0 Å². The predicted octanol–water partition coefficient (Wildman–Crippen LogP) is 2.85. The number of nitrogens with two attached hydrogens (primary N) is 2. The van der Waals surface area contributed by atoms with Crippen LogP contribution in [0.4, 0.5) is 0 Å². The summed E-state index contributed by atoms with van der Waals surface area (Å²) in [5.74, 6) is 0.323. The second-order valence-corrected chi connectivity index (χ2v) is 5.13. The first-order valence-corrected chi connectivity index (χ1v) is 5.68. The molecular weight excluding hydrogens is 196 g/mol. The maximum absolute atomic E-state index is 6.11. The molecule has 0 aromatic heterocycles. The Morgan fingerprint density at radius 2 is 1.81 bits per heavy atom. The van der Waals surface area contributed by atoms with Gasteiger partial charge in [-0.25, -0.2) is 0 Å². The van der Waals surface area contributed by atoms with Gasteiger partial charge in [0.1, 0.15) is 0 Å². The Hall–Kier alpha value is -1.44. The molecule has 0 aliphatic heterocycles. The number of rotatable bonds is 1. The van der Waals surface area contributed by atoms with E-state index in [-0.39, 0.29) is 5.41 Å². The van der Waals surface area contributed by atoms with E-state index in [1.807, 2.05) is 6.08 Å². The van der Waals surface area contributed by atoms with Crippen LogP contribution in [0.2, 0.25) is 0 Å². The van der Waals surface area contributed by atoms with E-state index in [1.165, 1.54) is 0 Å². The molecule has 0 aromatic rings. The lowest BCUT2D eigenvalue weighted by Gasteiger charge is -2.12. The fraction of sp³-hybridized carbons (Fsp3) is 0.429. The summed E-state index contributed by atoms with van der Waals surface area (Å²) in [5, 5.41) is 0. The highest BCUT2D eigenvalue weighted by atomic mass is 14.6. The maximum atomic E-state index is 6.11. The maximum Gasteiger partial charge on any atom is 0.0186 e. The molecule has 2 heteroatoms. The van der Waals surface area contributed by atoms with E-state index in [4.69, 9.17) is 11.5 Å². The van der Waals surface area contributed by atoms with Gasteiger partial charge >= 0.3 is 0 Å². The van der Waals surface area contributed by atoms with Gasteiger partial charge < -0.3 is 11.5 Å². The Balaban J connectivity index is 3.30. The van der Waals surface area contributed by atoms with E-state index in [2.05, 4.69) is 45.9 Å². The normalized spacial score (nSPS) is 24.9. The minimum atomic E-state index is 0.0489. The molecule has 0 saturated carbocycles. The standard InChI is InChI=1S/C14H22N2/c1-10(2)13(16)12-6-8-14(3,4)7-5-11(12)9-15/h5-10H,15-16H2,1-4H3/b11-9-,13-12-. The molecule has 0 fully saturated rings. The van der Waals surface area contributed by atoms with Crippen molar-refractivity contribution in [2.45, 2.75) is 27.7 Å². The highest BCUT2D eigenvalue weighted by Crippen LogP contribution is 2.29. The molecule has 0 aromatic carbocycles. The third kappa shape index (κ3) is 2.78. The van der Waals surface area contributed by atoms with Gasteiger partial charge in [-0.1, -0.05) is 52.0 Å². The molecule has 0 atom stereocenters. The summed E-state index contributed by atoms with van der Waals surface area (Å²) >= 11 is 0. The second-order valence-electron chi connectivity index (χ2n) is 5.13. The fourth-order valence-electron chi connectivity index (χ4n) is 1.56. The monoisotopic (exact) mass is 218 g/mol. The Bertz CT molecular complexity index is 380. The number of hydrogen-bond donors (Lipinski definition) is 2. The summed E-state index contributed by atoms with van der Waals surface area (Å²) in [7, 11) is 0. The Labute approximate surface area is 98.4 Å². The van der Waals surface area contributed by atoms with Crippen molar-refractivity contribution >= 4 is 0 Å². The number of hydrogen-bond acceptors (Lipinski definition) is 2. The van der Waals surface area contributed by atoms with Gasteiger partial charge in [-0.05, 0) is 11.5 Å². The first-order valence-electron chi connectivity index (χ1n) is 5.68. The van der Waals surface area contributed by atoms with Crippen LogP contribution in [-0.4, -0.2) is 0 Å². The lowest BCUT2D eigenvalue weighted by Crippen LogP contribution is -2.09. The van der Waals surface area contributed by atoms with Gasteiger partial charge in [-0.2, -0.15) is 0 Å². The molecule has 88 valence electrons. The molecule has 0 unspecified atom stereocenters. The molecule has 0 spiro atoms. The first-order chi connectivity index (χ1) is 7.37. The molecule has 0 bridgehead atoms. The molecular formula is C14H22N2. The van der Waals surface area contributed by atoms with Gasteiger partial charge in [-0.3, -0.25) is 0 Å². The largest absolute Gasteiger partial charge is 0.404 e. The number of allylic oxidation sites excluding steroid dienone is 7. The molecule has 1 aliphatic carbocycles. The zero-order chi connectivity index (χ0) is 12.3. The molecule has 0 amide bonds. The van der Waals surface area contributed by atoms with Gasteiger partial charge in [0.25, 0.3) is 0 Å². The fourth-order valence-corrected chi connectivity index (χ4v) is 1.56. The minimum absolute atomic E-state index is 0.0489. The Morgan fingerprint density at radius 3 is 2.31 bits per heavy atom. The molecule has 1 aliphatic rings. The van der Waals surface area contributed by atoms with Gasteiger partial charge in [0.2, 0.25) is 0 Å². The van der Waals surface area contributed by atoms with Crippen LogP contribution in [0.15, 0.2) is 47.3 Å². The summed E-state index contributed by atoms with van der Waals surface area (Å²) in [6.45, 7) is 8.49. The molecule has 2 nitrogen and oxygen atoms in total. The summed E-state index contributed by atoms with van der Waals surface area (Å²) in [5.41, 5.74) is 14.7. The van der Waals surface area contributed by atoms with Crippen LogP contribution in [-0.2, 0) is 0 Å². The molecule has 0 saturated heterocycles. The Morgan fingerprint density at radius 1 is 1.25 bits per heavy atom. The van der Waals surface area contributed by atoms with Crippen LogP contribution < -0.4 is 11.5 Å². The van der Waals surface area contributed by atoms with E-state index in [0.29, 0.717) is 5.92 Å². The molecule has 16 heavy (non-hydrogen) atoms. The van der Waals surface area contributed by atoms with Crippen molar-refractivity contribution < 1.29 is 0 Å². The summed E-state index contributed by atoms with van der Waals surface area (Å²) in [6.07, 6.45) is 10.0. The van der Waals surface area contributed by atoms with Gasteiger partial charge in [0.05, 0.1) is 0 Å². The lowest BCUT2D eigenvalue weighted by molar-refractivity contribution is 0.627. The van der Waals surface area contributed by atoms with Crippen molar-refractivity contribution in [3.63, 3.8) is 0 Å². The first kappa shape index (κ1) is 12.6. The molecule has 1 rings (SSSR count). The third-order valence-corrected chi connectivity index (χ3v) is 2.80. The molecule has 0 radical (unpaired) electrons. The van der Waals surface area contributed by atoms with Crippen molar-refractivity contribution in [3.05, 3.63) is 47.3 Å². The topological polar surface area (TPSA) is 52.0 Å². The van der Waals surface area contributed by atoms with Crippen molar-refractivity contribution in [1.82, 2.24) is 0 Å². The SMILES string of the molecule is CC(C)/C(N)=C1\C=CC(C)(C)C=C\C1=C\N. The van der Waals surface area contributed by atoms with Crippen molar-refractivity contribution in [2.24, 2.45) is 22.8 Å². The summed E-state index contributed by atoms with van der Waals surface area (Å²) in [6, 6.07) is 0. The van der Waals surface area contributed by atoms with E-state index in [1.54, 1.807) is 6.20 Å². The van der Waals surface area contributed by atoms with Crippen LogP contribution in [0.3, 0.4) is 0 Å². The third-order valence-electron chi connectivity index (χ3n) is 2.80. The van der Waals surface area contributed by atoms with Crippen molar-refractivity contribution in [1.29, 1.82) is 0 Å². The molecule has 0 heterocycles.